The smallest absolute Gasteiger partial charge is 0.277 e. The van der Waals surface area contributed by atoms with E-state index < -0.39 is 10.8 Å². The Labute approximate surface area is 160 Å². The summed E-state index contributed by atoms with van der Waals surface area (Å²) < 4.78 is 11.0. The van der Waals surface area contributed by atoms with Crippen LogP contribution in [0.2, 0.25) is 0 Å². The van der Waals surface area contributed by atoms with Crippen LogP contribution in [0.3, 0.4) is 0 Å². The van der Waals surface area contributed by atoms with Crippen molar-refractivity contribution in [2.45, 2.75) is 6.92 Å². The van der Waals surface area contributed by atoms with E-state index in [0.29, 0.717) is 22.8 Å². The molecule has 3 rings (SSSR count). The highest BCUT2D eigenvalue weighted by atomic mass is 16.6. The number of benzene rings is 2. The van der Waals surface area contributed by atoms with Crippen LogP contribution in [-0.2, 0) is 4.79 Å². The van der Waals surface area contributed by atoms with Crippen molar-refractivity contribution in [2.24, 2.45) is 5.10 Å². The van der Waals surface area contributed by atoms with Gasteiger partial charge in [-0.1, -0.05) is 24.3 Å². The maximum absolute atomic E-state index is 11.8. The molecule has 0 radical (unpaired) electrons. The van der Waals surface area contributed by atoms with Crippen molar-refractivity contribution in [1.29, 1.82) is 0 Å². The average Bonchev–Trinajstić information content (AvgIpc) is 3.15. The highest BCUT2D eigenvalue weighted by Crippen LogP contribution is 2.25. The zero-order valence-corrected chi connectivity index (χ0v) is 15.0. The number of nitro benzene ring substituents is 1. The van der Waals surface area contributed by atoms with Gasteiger partial charge in [0, 0.05) is 17.7 Å². The second-order valence-corrected chi connectivity index (χ2v) is 5.91. The Morgan fingerprint density at radius 1 is 1.21 bits per heavy atom. The Morgan fingerprint density at radius 2 is 2.04 bits per heavy atom. The van der Waals surface area contributed by atoms with Gasteiger partial charge in [0.15, 0.2) is 6.61 Å². The van der Waals surface area contributed by atoms with E-state index in [2.05, 4.69) is 10.5 Å². The SMILES string of the molecule is Cc1cccc(OCC(=O)N/N=C\c2ccc(-c3cccc([N+](=O)[O-])c3)o2)c1. The van der Waals surface area contributed by atoms with E-state index in [1.54, 1.807) is 30.3 Å². The number of hydrazone groups is 1. The fraction of sp³-hybridized carbons (Fsp3) is 0.100. The van der Waals surface area contributed by atoms with Gasteiger partial charge in [-0.2, -0.15) is 5.10 Å². The van der Waals surface area contributed by atoms with E-state index in [9.17, 15) is 14.9 Å². The molecule has 0 unspecified atom stereocenters. The molecule has 0 saturated carbocycles. The van der Waals surface area contributed by atoms with Crippen molar-refractivity contribution < 1.29 is 18.9 Å². The summed E-state index contributed by atoms with van der Waals surface area (Å²) in [6.07, 6.45) is 1.34. The quantitative estimate of drug-likeness (QED) is 0.383. The first kappa shape index (κ1) is 18.8. The lowest BCUT2D eigenvalue weighted by molar-refractivity contribution is -0.384. The van der Waals surface area contributed by atoms with E-state index in [-0.39, 0.29) is 12.3 Å². The summed E-state index contributed by atoms with van der Waals surface area (Å²) in [6.45, 7) is 1.76. The zero-order chi connectivity index (χ0) is 19.9. The molecule has 0 aliphatic rings. The fourth-order valence-electron chi connectivity index (χ4n) is 2.40. The number of furan rings is 1. The number of nitrogens with one attached hydrogen (secondary N) is 1. The molecular weight excluding hydrogens is 362 g/mol. The highest BCUT2D eigenvalue weighted by Gasteiger charge is 2.10. The van der Waals surface area contributed by atoms with Crippen LogP contribution < -0.4 is 10.2 Å². The number of carbonyl (C=O) groups is 1. The van der Waals surface area contributed by atoms with Gasteiger partial charge in [0.1, 0.15) is 17.3 Å². The van der Waals surface area contributed by atoms with Crippen molar-refractivity contribution in [1.82, 2.24) is 5.43 Å². The molecule has 0 aliphatic heterocycles. The van der Waals surface area contributed by atoms with Gasteiger partial charge in [-0.3, -0.25) is 14.9 Å². The second kappa shape index (κ2) is 8.63. The van der Waals surface area contributed by atoms with Crippen LogP contribution in [-0.4, -0.2) is 23.7 Å². The fourth-order valence-corrected chi connectivity index (χ4v) is 2.40. The minimum Gasteiger partial charge on any atom is -0.484 e. The van der Waals surface area contributed by atoms with Crippen LogP contribution in [0.4, 0.5) is 5.69 Å². The molecule has 3 aromatic rings. The van der Waals surface area contributed by atoms with Crippen LogP contribution in [0.1, 0.15) is 11.3 Å². The third-order valence-corrected chi connectivity index (χ3v) is 3.71. The Morgan fingerprint density at radius 3 is 2.82 bits per heavy atom. The van der Waals surface area contributed by atoms with Crippen LogP contribution in [0, 0.1) is 17.0 Å². The number of nitro groups is 1. The Balaban J connectivity index is 1.54. The zero-order valence-electron chi connectivity index (χ0n) is 15.0. The van der Waals surface area contributed by atoms with E-state index >= 15 is 0 Å². The third-order valence-electron chi connectivity index (χ3n) is 3.71. The Hall–Kier alpha value is -3.94. The molecule has 0 atom stereocenters. The Bertz CT molecular complexity index is 1030. The van der Waals surface area contributed by atoms with Crippen molar-refractivity contribution in [3.05, 3.63) is 82.1 Å². The van der Waals surface area contributed by atoms with Crippen molar-refractivity contribution in [3.63, 3.8) is 0 Å². The van der Waals surface area contributed by atoms with E-state index in [1.807, 2.05) is 25.1 Å². The molecule has 1 N–H and O–H groups in total. The number of rotatable bonds is 7. The molecule has 0 saturated heterocycles. The normalized spacial score (nSPS) is 10.8. The van der Waals surface area contributed by atoms with E-state index in [1.165, 1.54) is 18.3 Å². The number of aryl methyl sites for hydroxylation is 1. The number of ether oxygens (including phenoxy) is 1. The minimum atomic E-state index is -0.469. The minimum absolute atomic E-state index is 0.0232. The summed E-state index contributed by atoms with van der Waals surface area (Å²) in [5.74, 6) is 1.04. The molecule has 28 heavy (non-hydrogen) atoms. The average molecular weight is 379 g/mol. The molecule has 0 bridgehead atoms. The monoisotopic (exact) mass is 379 g/mol. The third kappa shape index (κ3) is 5.04. The summed E-state index contributed by atoms with van der Waals surface area (Å²) in [5, 5.41) is 14.7. The largest absolute Gasteiger partial charge is 0.484 e. The maximum Gasteiger partial charge on any atom is 0.277 e. The van der Waals surface area contributed by atoms with Gasteiger partial charge in [0.25, 0.3) is 11.6 Å². The summed E-state index contributed by atoms with van der Waals surface area (Å²) in [7, 11) is 0. The summed E-state index contributed by atoms with van der Waals surface area (Å²) in [5.41, 5.74) is 3.93. The molecule has 8 heteroatoms. The lowest BCUT2D eigenvalue weighted by Gasteiger charge is -2.05. The van der Waals surface area contributed by atoms with Crippen LogP contribution >= 0.6 is 0 Å². The first-order chi connectivity index (χ1) is 13.5. The number of amides is 1. The summed E-state index contributed by atoms with van der Waals surface area (Å²) in [4.78, 5) is 22.2. The van der Waals surface area contributed by atoms with Crippen molar-refractivity contribution in [2.75, 3.05) is 6.61 Å². The van der Waals surface area contributed by atoms with Gasteiger partial charge in [0.2, 0.25) is 0 Å². The first-order valence-electron chi connectivity index (χ1n) is 8.37. The van der Waals surface area contributed by atoms with Gasteiger partial charge in [-0.05, 0) is 36.8 Å². The molecular formula is C20H17N3O5. The van der Waals surface area contributed by atoms with Gasteiger partial charge in [-0.15, -0.1) is 0 Å². The molecule has 0 aliphatic carbocycles. The van der Waals surface area contributed by atoms with Crippen LogP contribution in [0.25, 0.3) is 11.3 Å². The van der Waals surface area contributed by atoms with Gasteiger partial charge >= 0.3 is 0 Å². The van der Waals surface area contributed by atoms with E-state index in [4.69, 9.17) is 9.15 Å². The van der Waals surface area contributed by atoms with Crippen LogP contribution in [0.15, 0.2) is 70.2 Å². The van der Waals surface area contributed by atoms with Gasteiger partial charge in [0.05, 0.1) is 11.1 Å². The van der Waals surface area contributed by atoms with Gasteiger partial charge in [-0.25, -0.2) is 5.43 Å². The molecule has 0 fully saturated rings. The molecule has 1 heterocycles. The lowest BCUT2D eigenvalue weighted by atomic mass is 10.1. The number of non-ortho nitro benzene ring substituents is 1. The number of carbonyl (C=O) groups excluding carboxylic acids is 1. The van der Waals surface area contributed by atoms with Gasteiger partial charge < -0.3 is 9.15 Å². The highest BCUT2D eigenvalue weighted by molar-refractivity contribution is 5.81. The molecule has 142 valence electrons. The Kier molecular flexibility index (Phi) is 5.81. The summed E-state index contributed by atoms with van der Waals surface area (Å²) >= 11 is 0. The lowest BCUT2D eigenvalue weighted by Crippen LogP contribution is -2.24. The predicted molar refractivity (Wildman–Crippen MR) is 103 cm³/mol. The van der Waals surface area contributed by atoms with E-state index in [0.717, 1.165) is 5.56 Å². The number of hydrogen-bond donors (Lipinski definition) is 1. The second-order valence-electron chi connectivity index (χ2n) is 5.91. The van der Waals surface area contributed by atoms with Crippen LogP contribution in [0.5, 0.6) is 5.75 Å². The molecule has 8 nitrogen and oxygen atoms in total. The van der Waals surface area contributed by atoms with Crippen molar-refractivity contribution in [3.8, 4) is 17.1 Å². The molecule has 1 amide bonds. The molecule has 0 spiro atoms. The first-order valence-corrected chi connectivity index (χ1v) is 8.37. The molecule has 2 aromatic carbocycles. The number of nitrogens with zero attached hydrogens (tertiary/aromatic N) is 2. The maximum atomic E-state index is 11.8. The topological polar surface area (TPSA) is 107 Å². The summed E-state index contributed by atoms with van der Waals surface area (Å²) in [6, 6.07) is 16.8. The standard InChI is InChI=1S/C20H17N3O5/c1-14-4-2-7-17(10-14)27-13-20(24)22-21-12-18-8-9-19(28-18)15-5-3-6-16(11-15)23(25)26/h2-12H,13H2,1H3,(H,22,24)/b21-12-. The predicted octanol–water partition coefficient (Wildman–Crippen LogP) is 3.69. The molecule has 1 aromatic heterocycles. The van der Waals surface area contributed by atoms with Crippen molar-refractivity contribution >= 4 is 17.8 Å². The number of hydrogen-bond acceptors (Lipinski definition) is 6.